The van der Waals surface area contributed by atoms with Gasteiger partial charge in [-0.15, -0.1) is 11.3 Å². The molecule has 7 nitrogen and oxygen atoms in total. The molecule has 1 aliphatic carbocycles. The lowest BCUT2D eigenvalue weighted by atomic mass is 10.1. The zero-order valence-corrected chi connectivity index (χ0v) is 15.3. The van der Waals surface area contributed by atoms with Crippen molar-refractivity contribution in [3.63, 3.8) is 0 Å². The number of fused-ring (bicyclic) bond motifs is 1. The van der Waals surface area contributed by atoms with Gasteiger partial charge in [0, 0.05) is 12.6 Å². The number of anilines is 2. The van der Waals surface area contributed by atoms with Gasteiger partial charge >= 0.3 is 0 Å². The van der Waals surface area contributed by atoms with Crippen LogP contribution in [0, 0.1) is 5.92 Å². The standard InChI is InChI=1S/C18H21N5O2S/c1-25-16-14(17-21-12-4-2-3-5-13(12)26-17)15(22-18(19)23-16)20-11-7-6-10(8-11)9-24/h2-5,10-11,24H,6-9H2,1H3,(H3,19,20,22,23). The van der Waals surface area contributed by atoms with E-state index in [9.17, 15) is 5.11 Å². The van der Waals surface area contributed by atoms with Crippen molar-refractivity contribution in [2.24, 2.45) is 5.92 Å². The molecule has 2 unspecified atom stereocenters. The number of para-hydroxylation sites is 1. The Morgan fingerprint density at radius 3 is 2.85 bits per heavy atom. The predicted octanol–water partition coefficient (Wildman–Crippen LogP) is 2.92. The number of nitrogens with zero attached hydrogens (tertiary/aromatic N) is 3. The van der Waals surface area contributed by atoms with Gasteiger partial charge in [0.1, 0.15) is 16.4 Å². The molecule has 0 radical (unpaired) electrons. The number of thiazole rings is 1. The van der Waals surface area contributed by atoms with Gasteiger partial charge in [0.25, 0.3) is 0 Å². The van der Waals surface area contributed by atoms with Crippen LogP contribution in [-0.4, -0.2) is 39.8 Å². The normalized spacial score (nSPS) is 19.8. The van der Waals surface area contributed by atoms with E-state index >= 15 is 0 Å². The Bertz CT molecular complexity index is 896. The molecule has 4 N–H and O–H groups in total. The molecule has 3 aromatic rings. The first-order valence-corrected chi connectivity index (χ1v) is 9.44. The lowest BCUT2D eigenvalue weighted by Gasteiger charge is -2.17. The maximum absolute atomic E-state index is 9.39. The molecule has 2 aromatic heterocycles. The molecule has 0 bridgehead atoms. The van der Waals surface area contributed by atoms with Crippen molar-refractivity contribution < 1.29 is 9.84 Å². The third-order valence-electron chi connectivity index (χ3n) is 4.73. The number of nitrogen functional groups attached to an aromatic ring is 1. The van der Waals surface area contributed by atoms with Crippen molar-refractivity contribution >= 4 is 33.3 Å². The molecular formula is C18H21N5O2S. The van der Waals surface area contributed by atoms with Gasteiger partial charge in [-0.3, -0.25) is 0 Å². The van der Waals surface area contributed by atoms with Crippen LogP contribution in [0.15, 0.2) is 24.3 Å². The molecule has 1 saturated carbocycles. The molecule has 8 heteroatoms. The Balaban J connectivity index is 1.76. The lowest BCUT2D eigenvalue weighted by molar-refractivity contribution is 0.229. The van der Waals surface area contributed by atoms with Crippen molar-refractivity contribution in [3.8, 4) is 16.5 Å². The minimum absolute atomic E-state index is 0.158. The molecule has 0 spiro atoms. The van der Waals surface area contributed by atoms with Gasteiger partial charge in [-0.2, -0.15) is 9.97 Å². The fourth-order valence-corrected chi connectivity index (χ4v) is 4.45. The Hall–Kier alpha value is -2.45. The van der Waals surface area contributed by atoms with Gasteiger partial charge in [0.2, 0.25) is 11.8 Å². The molecule has 4 rings (SSSR count). The van der Waals surface area contributed by atoms with Crippen molar-refractivity contribution in [2.45, 2.75) is 25.3 Å². The number of aliphatic hydroxyl groups is 1. The quantitative estimate of drug-likeness (QED) is 0.633. The van der Waals surface area contributed by atoms with Crippen LogP contribution >= 0.6 is 11.3 Å². The average molecular weight is 371 g/mol. The highest BCUT2D eigenvalue weighted by Gasteiger charge is 2.27. The summed E-state index contributed by atoms with van der Waals surface area (Å²) >= 11 is 1.57. The lowest BCUT2D eigenvalue weighted by Crippen LogP contribution is -2.19. The van der Waals surface area contributed by atoms with Gasteiger partial charge in [0.05, 0.1) is 17.3 Å². The van der Waals surface area contributed by atoms with Crippen molar-refractivity contribution in [1.82, 2.24) is 15.0 Å². The second kappa shape index (κ2) is 7.05. The molecule has 26 heavy (non-hydrogen) atoms. The van der Waals surface area contributed by atoms with E-state index in [0.717, 1.165) is 40.1 Å². The van der Waals surface area contributed by atoms with Gasteiger partial charge in [-0.25, -0.2) is 4.98 Å². The molecule has 0 saturated heterocycles. The number of rotatable bonds is 5. The molecule has 1 fully saturated rings. The summed E-state index contributed by atoms with van der Waals surface area (Å²) in [6.45, 7) is 0.220. The second-order valence-electron chi connectivity index (χ2n) is 6.50. The molecule has 1 aliphatic rings. The number of nitrogens with two attached hydrogens (primary N) is 1. The van der Waals surface area contributed by atoms with Gasteiger partial charge in [-0.05, 0) is 37.3 Å². The summed E-state index contributed by atoms with van der Waals surface area (Å²) in [4.78, 5) is 13.4. The largest absolute Gasteiger partial charge is 0.480 e. The smallest absolute Gasteiger partial charge is 0.230 e. The number of aliphatic hydroxyl groups excluding tert-OH is 1. The summed E-state index contributed by atoms with van der Waals surface area (Å²) in [6.07, 6.45) is 2.89. The number of aromatic nitrogens is 3. The predicted molar refractivity (Wildman–Crippen MR) is 103 cm³/mol. The third kappa shape index (κ3) is 3.17. The second-order valence-corrected chi connectivity index (χ2v) is 7.53. The van der Waals surface area contributed by atoms with Crippen LogP contribution in [0.5, 0.6) is 5.88 Å². The minimum Gasteiger partial charge on any atom is -0.480 e. The summed E-state index contributed by atoms with van der Waals surface area (Å²) in [5.41, 5.74) is 7.55. The monoisotopic (exact) mass is 371 g/mol. The molecule has 0 aliphatic heterocycles. The van der Waals surface area contributed by atoms with Crippen LogP contribution in [0.1, 0.15) is 19.3 Å². The Morgan fingerprint density at radius 1 is 1.27 bits per heavy atom. The first kappa shape index (κ1) is 17.0. The van der Waals surface area contributed by atoms with E-state index in [4.69, 9.17) is 15.5 Å². The van der Waals surface area contributed by atoms with Crippen molar-refractivity contribution in [1.29, 1.82) is 0 Å². The average Bonchev–Trinajstić information content (AvgIpc) is 3.27. The Kier molecular flexibility index (Phi) is 4.60. The molecule has 0 amide bonds. The fourth-order valence-electron chi connectivity index (χ4n) is 3.45. The Morgan fingerprint density at radius 2 is 2.12 bits per heavy atom. The highest BCUT2D eigenvalue weighted by Crippen LogP contribution is 2.40. The third-order valence-corrected chi connectivity index (χ3v) is 5.79. The van der Waals surface area contributed by atoms with Gasteiger partial charge in [0.15, 0.2) is 0 Å². The van der Waals surface area contributed by atoms with E-state index in [1.165, 1.54) is 0 Å². The summed E-state index contributed by atoms with van der Waals surface area (Å²) in [5, 5.41) is 13.7. The molecule has 136 valence electrons. The highest BCUT2D eigenvalue weighted by atomic mass is 32.1. The summed E-state index contributed by atoms with van der Waals surface area (Å²) < 4.78 is 6.57. The van der Waals surface area contributed by atoms with Crippen LogP contribution in [0.3, 0.4) is 0 Å². The first-order valence-electron chi connectivity index (χ1n) is 8.62. The maximum atomic E-state index is 9.39. The van der Waals surface area contributed by atoms with E-state index in [0.29, 0.717) is 17.6 Å². The summed E-state index contributed by atoms with van der Waals surface area (Å²) in [7, 11) is 1.57. The number of methoxy groups -OCH3 is 1. The van der Waals surface area contributed by atoms with Gasteiger partial charge < -0.3 is 20.9 Å². The van der Waals surface area contributed by atoms with E-state index in [1.54, 1.807) is 18.4 Å². The maximum Gasteiger partial charge on any atom is 0.230 e. The zero-order chi connectivity index (χ0) is 18.1. The topological polar surface area (TPSA) is 106 Å². The molecule has 2 atom stereocenters. The first-order chi connectivity index (χ1) is 12.7. The number of hydrogen-bond acceptors (Lipinski definition) is 8. The van der Waals surface area contributed by atoms with E-state index < -0.39 is 0 Å². The minimum atomic E-state index is 0.158. The molecule has 2 heterocycles. The number of ether oxygens (including phenoxy) is 1. The number of benzene rings is 1. The number of hydrogen-bond donors (Lipinski definition) is 3. The van der Waals surface area contributed by atoms with Crippen molar-refractivity contribution in [3.05, 3.63) is 24.3 Å². The zero-order valence-electron chi connectivity index (χ0n) is 14.5. The summed E-state index contributed by atoms with van der Waals surface area (Å²) in [5.74, 6) is 1.54. The van der Waals surface area contributed by atoms with E-state index in [2.05, 4.69) is 15.3 Å². The Labute approximate surface area is 155 Å². The SMILES string of the molecule is COc1nc(N)nc(NC2CCC(CO)C2)c1-c1nc2ccccc2s1. The van der Waals surface area contributed by atoms with Crippen LogP contribution in [0.2, 0.25) is 0 Å². The van der Waals surface area contributed by atoms with Crippen molar-refractivity contribution in [2.75, 3.05) is 24.8 Å². The molecular weight excluding hydrogens is 350 g/mol. The highest BCUT2D eigenvalue weighted by molar-refractivity contribution is 7.21. The number of nitrogens with one attached hydrogen (secondary N) is 1. The van der Waals surface area contributed by atoms with Gasteiger partial charge in [-0.1, -0.05) is 12.1 Å². The van der Waals surface area contributed by atoms with E-state index in [-0.39, 0.29) is 18.6 Å². The van der Waals surface area contributed by atoms with Crippen LogP contribution in [0.25, 0.3) is 20.8 Å². The van der Waals surface area contributed by atoms with Crippen LogP contribution < -0.4 is 15.8 Å². The summed E-state index contributed by atoms with van der Waals surface area (Å²) in [6, 6.07) is 8.22. The van der Waals surface area contributed by atoms with E-state index in [1.807, 2.05) is 24.3 Å². The van der Waals surface area contributed by atoms with Crippen LogP contribution in [-0.2, 0) is 0 Å². The molecule has 1 aromatic carbocycles. The van der Waals surface area contributed by atoms with Crippen LogP contribution in [0.4, 0.5) is 11.8 Å². The fraction of sp³-hybridized carbons (Fsp3) is 0.389.